The van der Waals surface area contributed by atoms with Crippen LogP contribution in [0.5, 0.6) is 5.75 Å². The van der Waals surface area contributed by atoms with E-state index in [1.54, 1.807) is 19.0 Å². The lowest BCUT2D eigenvalue weighted by Crippen LogP contribution is -2.22. The van der Waals surface area contributed by atoms with Gasteiger partial charge in [-0.05, 0) is 37.0 Å². The molecule has 0 atom stereocenters. The maximum atomic E-state index is 12.1. The van der Waals surface area contributed by atoms with Crippen molar-refractivity contribution >= 4 is 5.91 Å². The molecule has 17 heavy (non-hydrogen) atoms. The van der Waals surface area contributed by atoms with Crippen molar-refractivity contribution in [1.82, 2.24) is 4.90 Å². The highest BCUT2D eigenvalue weighted by molar-refractivity contribution is 5.96. The fourth-order valence-corrected chi connectivity index (χ4v) is 1.67. The molecule has 3 nitrogen and oxygen atoms in total. The number of carbonyl (C=O) groups excluding carboxylic acids is 1. The van der Waals surface area contributed by atoms with Crippen molar-refractivity contribution in [2.75, 3.05) is 14.1 Å². The monoisotopic (exact) mass is 233 g/mol. The average Bonchev–Trinajstić information content (AvgIpc) is 3.12. The van der Waals surface area contributed by atoms with Gasteiger partial charge in [-0.3, -0.25) is 4.79 Å². The Morgan fingerprint density at radius 3 is 2.65 bits per heavy atom. The van der Waals surface area contributed by atoms with Gasteiger partial charge < -0.3 is 9.64 Å². The normalized spacial score (nSPS) is 14.5. The van der Waals surface area contributed by atoms with Gasteiger partial charge in [0.2, 0.25) is 0 Å². The number of amides is 1. The smallest absolute Gasteiger partial charge is 0.257 e. The van der Waals surface area contributed by atoms with Crippen LogP contribution in [0, 0.1) is 0 Å². The zero-order valence-electron chi connectivity index (χ0n) is 10.7. The van der Waals surface area contributed by atoms with E-state index < -0.39 is 0 Å². The van der Waals surface area contributed by atoms with Crippen molar-refractivity contribution in [3.8, 4) is 5.75 Å². The second-order valence-electron chi connectivity index (χ2n) is 4.70. The van der Waals surface area contributed by atoms with Gasteiger partial charge in [-0.2, -0.15) is 0 Å². The maximum absolute atomic E-state index is 12.1. The molecule has 1 aromatic rings. The van der Waals surface area contributed by atoms with E-state index in [-0.39, 0.29) is 5.91 Å². The highest BCUT2D eigenvalue weighted by Crippen LogP contribution is 2.30. The summed E-state index contributed by atoms with van der Waals surface area (Å²) in [4.78, 5) is 13.7. The lowest BCUT2D eigenvalue weighted by molar-refractivity contribution is 0.0822. The molecule has 1 amide bonds. The van der Waals surface area contributed by atoms with Crippen LogP contribution in [-0.4, -0.2) is 31.0 Å². The zero-order chi connectivity index (χ0) is 12.4. The van der Waals surface area contributed by atoms with Crippen LogP contribution in [0.3, 0.4) is 0 Å². The average molecular weight is 233 g/mol. The number of nitrogens with zero attached hydrogens (tertiary/aromatic N) is 1. The Hall–Kier alpha value is -1.51. The Bertz CT molecular complexity index is 422. The molecule has 0 N–H and O–H groups in total. The van der Waals surface area contributed by atoms with Crippen LogP contribution < -0.4 is 4.74 Å². The lowest BCUT2D eigenvalue weighted by Gasteiger charge is -2.15. The standard InChI is InChI=1S/C14H19NO2/c1-4-10-5-8-13(17-11-6-7-11)12(9-10)14(16)15(2)3/h5,8-9,11H,4,6-7H2,1-3H3. The van der Waals surface area contributed by atoms with E-state index in [1.165, 1.54) is 5.56 Å². The third kappa shape index (κ3) is 2.78. The molecule has 0 aliphatic heterocycles. The molecule has 3 heteroatoms. The van der Waals surface area contributed by atoms with Gasteiger partial charge in [-0.15, -0.1) is 0 Å². The minimum Gasteiger partial charge on any atom is -0.490 e. The van der Waals surface area contributed by atoms with Crippen molar-refractivity contribution < 1.29 is 9.53 Å². The van der Waals surface area contributed by atoms with Crippen molar-refractivity contribution in [2.24, 2.45) is 0 Å². The molecule has 0 radical (unpaired) electrons. The number of hydrogen-bond acceptors (Lipinski definition) is 2. The Balaban J connectivity index is 2.31. The van der Waals surface area contributed by atoms with Gasteiger partial charge in [-0.1, -0.05) is 13.0 Å². The zero-order valence-corrected chi connectivity index (χ0v) is 10.7. The molecule has 0 heterocycles. The van der Waals surface area contributed by atoms with Crippen LogP contribution in [0.1, 0.15) is 35.7 Å². The SMILES string of the molecule is CCc1ccc(OC2CC2)c(C(=O)N(C)C)c1. The largest absolute Gasteiger partial charge is 0.490 e. The van der Waals surface area contributed by atoms with E-state index in [1.807, 2.05) is 18.2 Å². The third-order valence-electron chi connectivity index (χ3n) is 2.91. The Morgan fingerprint density at radius 1 is 1.41 bits per heavy atom. The van der Waals surface area contributed by atoms with E-state index in [2.05, 4.69) is 6.92 Å². The highest BCUT2D eigenvalue weighted by atomic mass is 16.5. The van der Waals surface area contributed by atoms with Crippen LogP contribution >= 0.6 is 0 Å². The first kappa shape index (κ1) is 12.0. The van der Waals surface area contributed by atoms with E-state index in [9.17, 15) is 4.79 Å². The second kappa shape index (κ2) is 4.78. The molecule has 1 aromatic carbocycles. The van der Waals surface area contributed by atoms with Crippen molar-refractivity contribution in [3.63, 3.8) is 0 Å². The second-order valence-corrected chi connectivity index (χ2v) is 4.70. The number of carbonyl (C=O) groups is 1. The predicted molar refractivity (Wildman–Crippen MR) is 67.5 cm³/mol. The molecule has 0 aromatic heterocycles. The van der Waals surface area contributed by atoms with Crippen LogP contribution in [0.4, 0.5) is 0 Å². The van der Waals surface area contributed by atoms with Crippen LogP contribution in [0.25, 0.3) is 0 Å². The predicted octanol–water partition coefficient (Wildman–Crippen LogP) is 2.49. The summed E-state index contributed by atoms with van der Waals surface area (Å²) in [5, 5.41) is 0. The fraction of sp³-hybridized carbons (Fsp3) is 0.500. The van der Waals surface area contributed by atoms with E-state index in [4.69, 9.17) is 4.74 Å². The van der Waals surface area contributed by atoms with E-state index in [0.717, 1.165) is 25.0 Å². The van der Waals surface area contributed by atoms with Crippen molar-refractivity contribution in [1.29, 1.82) is 0 Å². The quantitative estimate of drug-likeness (QED) is 0.799. The number of benzene rings is 1. The molecule has 0 saturated heterocycles. The number of aryl methyl sites for hydroxylation is 1. The van der Waals surface area contributed by atoms with E-state index in [0.29, 0.717) is 11.7 Å². The minimum atomic E-state index is 0.0101. The van der Waals surface area contributed by atoms with Gasteiger partial charge in [-0.25, -0.2) is 0 Å². The molecular formula is C14H19NO2. The summed E-state index contributed by atoms with van der Waals surface area (Å²) in [6, 6.07) is 5.90. The van der Waals surface area contributed by atoms with Gasteiger partial charge >= 0.3 is 0 Å². The molecule has 0 spiro atoms. The molecule has 92 valence electrons. The molecular weight excluding hydrogens is 214 g/mol. The Labute approximate surface area is 102 Å². The van der Waals surface area contributed by atoms with Crippen LogP contribution in [0.15, 0.2) is 18.2 Å². The van der Waals surface area contributed by atoms with Crippen molar-refractivity contribution in [3.05, 3.63) is 29.3 Å². The number of rotatable bonds is 4. The first-order valence-electron chi connectivity index (χ1n) is 6.13. The first-order chi connectivity index (χ1) is 8.11. The fourth-order valence-electron chi connectivity index (χ4n) is 1.67. The van der Waals surface area contributed by atoms with Crippen LogP contribution in [-0.2, 0) is 6.42 Å². The molecule has 1 aliphatic carbocycles. The summed E-state index contributed by atoms with van der Waals surface area (Å²) in [6.07, 6.45) is 3.45. The van der Waals surface area contributed by atoms with Gasteiger partial charge in [0.15, 0.2) is 0 Å². The summed E-state index contributed by atoms with van der Waals surface area (Å²) in [5.41, 5.74) is 1.85. The minimum absolute atomic E-state index is 0.0101. The third-order valence-corrected chi connectivity index (χ3v) is 2.91. The molecule has 0 unspecified atom stereocenters. The van der Waals surface area contributed by atoms with Gasteiger partial charge in [0.1, 0.15) is 5.75 Å². The summed E-state index contributed by atoms with van der Waals surface area (Å²) in [6.45, 7) is 2.08. The maximum Gasteiger partial charge on any atom is 0.257 e. The Morgan fingerprint density at radius 2 is 2.12 bits per heavy atom. The van der Waals surface area contributed by atoms with Gasteiger partial charge in [0, 0.05) is 14.1 Å². The van der Waals surface area contributed by atoms with Crippen LogP contribution in [0.2, 0.25) is 0 Å². The molecule has 1 fully saturated rings. The topological polar surface area (TPSA) is 29.5 Å². The number of ether oxygens (including phenoxy) is 1. The molecule has 0 bridgehead atoms. The summed E-state index contributed by atoms with van der Waals surface area (Å²) >= 11 is 0. The Kier molecular flexibility index (Phi) is 3.36. The van der Waals surface area contributed by atoms with Gasteiger partial charge in [0.05, 0.1) is 11.7 Å². The van der Waals surface area contributed by atoms with E-state index >= 15 is 0 Å². The summed E-state index contributed by atoms with van der Waals surface area (Å²) in [7, 11) is 3.53. The molecule has 1 aliphatic rings. The molecule has 1 saturated carbocycles. The van der Waals surface area contributed by atoms with Gasteiger partial charge in [0.25, 0.3) is 5.91 Å². The summed E-state index contributed by atoms with van der Waals surface area (Å²) < 4.78 is 5.78. The molecule has 2 rings (SSSR count). The van der Waals surface area contributed by atoms with Crippen molar-refractivity contribution in [2.45, 2.75) is 32.3 Å². The highest BCUT2D eigenvalue weighted by Gasteiger charge is 2.26. The summed E-state index contributed by atoms with van der Waals surface area (Å²) in [5.74, 6) is 0.736. The number of hydrogen-bond donors (Lipinski definition) is 0. The lowest BCUT2D eigenvalue weighted by atomic mass is 10.1. The first-order valence-corrected chi connectivity index (χ1v) is 6.13.